The van der Waals surface area contributed by atoms with Crippen LogP contribution in [0.4, 0.5) is 0 Å². The number of hydrogen-bond donors (Lipinski definition) is 0. The predicted molar refractivity (Wildman–Crippen MR) is 113 cm³/mol. The molecule has 0 aliphatic carbocycles. The molecule has 0 amide bonds. The first kappa shape index (κ1) is 23.6. The fourth-order valence-corrected chi connectivity index (χ4v) is 13.4. The van der Waals surface area contributed by atoms with Crippen LogP contribution in [0.2, 0.25) is 45.3 Å². The first-order valence-electron chi connectivity index (χ1n) is 9.68. The Morgan fingerprint density at radius 3 is 1.70 bits per heavy atom. The fraction of sp³-hybridized carbons (Fsp3) is 1.00. The normalized spacial score (nSPS) is 18.8. The van der Waals surface area contributed by atoms with E-state index in [-0.39, 0.29) is 10.4 Å². The zero-order valence-corrected chi connectivity index (χ0v) is 21.1. The van der Waals surface area contributed by atoms with Gasteiger partial charge in [-0.05, 0) is 52.9 Å². The highest BCUT2D eigenvalue weighted by molar-refractivity contribution is 6.82. The minimum Gasteiger partial charge on any atom is -0.415 e. The van der Waals surface area contributed by atoms with E-state index in [0.29, 0.717) is 0 Å². The van der Waals surface area contributed by atoms with Gasteiger partial charge in [-0.25, -0.2) is 0 Å². The Morgan fingerprint density at radius 1 is 0.870 bits per heavy atom. The third-order valence-electron chi connectivity index (χ3n) is 6.19. The van der Waals surface area contributed by atoms with Crippen molar-refractivity contribution in [1.82, 2.24) is 0 Å². The van der Waals surface area contributed by atoms with Crippen molar-refractivity contribution in [2.24, 2.45) is 0 Å². The zero-order chi connectivity index (χ0) is 18.5. The summed E-state index contributed by atoms with van der Waals surface area (Å²) in [4.78, 5) is 0. The summed E-state index contributed by atoms with van der Waals surface area (Å²) < 4.78 is 13.6. The van der Waals surface area contributed by atoms with Crippen LogP contribution in [0.15, 0.2) is 0 Å². The summed E-state index contributed by atoms with van der Waals surface area (Å²) in [6, 6.07) is 1.36. The third-order valence-corrected chi connectivity index (χ3v) is 16.5. The molecule has 140 valence electrons. The SMILES string of the molecule is CCCC[Si](C)(C)C(C)(CC)O[Si](C)(C)C(C)(CC)O[SiH](C)C. The molecule has 5 heteroatoms. The smallest absolute Gasteiger partial charge is 0.216 e. The maximum atomic E-state index is 7.09. The van der Waals surface area contributed by atoms with Gasteiger partial charge in [-0.2, -0.15) is 0 Å². The van der Waals surface area contributed by atoms with Gasteiger partial charge in [0, 0.05) is 5.22 Å². The van der Waals surface area contributed by atoms with E-state index in [1.165, 1.54) is 18.9 Å². The van der Waals surface area contributed by atoms with Crippen molar-refractivity contribution in [3.8, 4) is 0 Å². The van der Waals surface area contributed by atoms with E-state index in [9.17, 15) is 0 Å². The molecule has 0 aromatic rings. The summed E-state index contributed by atoms with van der Waals surface area (Å²) in [5.74, 6) is 0. The van der Waals surface area contributed by atoms with Crippen LogP contribution in [-0.2, 0) is 8.85 Å². The molecule has 0 aliphatic heterocycles. The average molecular weight is 377 g/mol. The van der Waals surface area contributed by atoms with Gasteiger partial charge in [-0.3, -0.25) is 0 Å². The monoisotopic (exact) mass is 376 g/mol. The highest BCUT2D eigenvalue weighted by atomic mass is 28.4. The van der Waals surface area contributed by atoms with Crippen LogP contribution in [0.1, 0.15) is 60.3 Å². The molecule has 2 nitrogen and oxygen atoms in total. The summed E-state index contributed by atoms with van der Waals surface area (Å²) >= 11 is 0. The number of unbranched alkanes of at least 4 members (excludes halogenated alkanes) is 1. The first-order valence-corrected chi connectivity index (χ1v) is 18.6. The van der Waals surface area contributed by atoms with Crippen LogP contribution in [0.25, 0.3) is 0 Å². The molecule has 0 heterocycles. The molecule has 0 saturated heterocycles. The van der Waals surface area contributed by atoms with Gasteiger partial charge in [0.05, 0.1) is 13.3 Å². The summed E-state index contributed by atoms with van der Waals surface area (Å²) in [6.45, 7) is 25.9. The van der Waals surface area contributed by atoms with E-state index in [1.807, 2.05) is 0 Å². The van der Waals surface area contributed by atoms with Crippen LogP contribution < -0.4 is 0 Å². The highest BCUT2D eigenvalue weighted by Crippen LogP contribution is 2.40. The standard InChI is InChI=1S/C18H44O2Si3/c1-12-15-16-22(8,9)18(5,14-3)20-23(10,11)17(4,13-2)19-21(6)7/h21H,12-16H2,1-11H3. The van der Waals surface area contributed by atoms with E-state index in [1.54, 1.807) is 0 Å². The molecule has 23 heavy (non-hydrogen) atoms. The summed E-state index contributed by atoms with van der Waals surface area (Å²) in [6.07, 6.45) is 4.78. The molecule has 2 unspecified atom stereocenters. The molecule has 0 saturated carbocycles. The molecular formula is C18H44O2Si3. The predicted octanol–water partition coefficient (Wildman–Crippen LogP) is 6.13. The van der Waals surface area contributed by atoms with Crippen molar-refractivity contribution < 1.29 is 8.85 Å². The highest BCUT2D eigenvalue weighted by Gasteiger charge is 2.52. The van der Waals surface area contributed by atoms with E-state index >= 15 is 0 Å². The molecule has 0 N–H and O–H groups in total. The quantitative estimate of drug-likeness (QED) is 0.404. The molecular weight excluding hydrogens is 332 g/mol. The van der Waals surface area contributed by atoms with Crippen molar-refractivity contribution >= 4 is 25.4 Å². The van der Waals surface area contributed by atoms with Crippen molar-refractivity contribution in [2.45, 2.75) is 116 Å². The van der Waals surface area contributed by atoms with Crippen LogP contribution in [0.3, 0.4) is 0 Å². The molecule has 0 radical (unpaired) electrons. The second-order valence-corrected chi connectivity index (χ2v) is 20.9. The van der Waals surface area contributed by atoms with E-state index in [0.717, 1.165) is 12.8 Å². The van der Waals surface area contributed by atoms with Gasteiger partial charge >= 0.3 is 0 Å². The minimum atomic E-state index is -1.98. The number of rotatable bonds is 11. The Hall–Kier alpha value is 0.571. The van der Waals surface area contributed by atoms with Crippen molar-refractivity contribution in [1.29, 1.82) is 0 Å². The Morgan fingerprint density at radius 2 is 1.35 bits per heavy atom. The van der Waals surface area contributed by atoms with E-state index in [4.69, 9.17) is 8.85 Å². The lowest BCUT2D eigenvalue weighted by atomic mass is 10.3. The fourth-order valence-electron chi connectivity index (χ4n) is 3.41. The van der Waals surface area contributed by atoms with Gasteiger partial charge in [0.15, 0.2) is 9.04 Å². The molecule has 0 fully saturated rings. The van der Waals surface area contributed by atoms with Gasteiger partial charge in [-0.15, -0.1) is 0 Å². The van der Waals surface area contributed by atoms with Crippen LogP contribution in [0.5, 0.6) is 0 Å². The Labute approximate surface area is 150 Å². The lowest BCUT2D eigenvalue weighted by molar-refractivity contribution is 0.0802. The summed E-state index contributed by atoms with van der Waals surface area (Å²) in [5, 5.41) is -0.0186. The molecule has 2 atom stereocenters. The van der Waals surface area contributed by atoms with E-state index < -0.39 is 25.4 Å². The summed E-state index contributed by atoms with van der Waals surface area (Å²) in [5.41, 5.74) is 0. The molecule has 0 aromatic carbocycles. The van der Waals surface area contributed by atoms with Crippen LogP contribution in [0, 0.1) is 0 Å². The second kappa shape index (κ2) is 8.79. The van der Waals surface area contributed by atoms with Gasteiger partial charge in [0.2, 0.25) is 8.32 Å². The van der Waals surface area contributed by atoms with Crippen molar-refractivity contribution in [2.75, 3.05) is 0 Å². The van der Waals surface area contributed by atoms with Gasteiger partial charge < -0.3 is 8.85 Å². The van der Waals surface area contributed by atoms with Gasteiger partial charge in [0.1, 0.15) is 0 Å². The zero-order valence-electron chi connectivity index (χ0n) is 17.9. The Balaban J connectivity index is 5.49. The van der Waals surface area contributed by atoms with Crippen molar-refractivity contribution in [3.63, 3.8) is 0 Å². The molecule has 0 spiro atoms. The van der Waals surface area contributed by atoms with Crippen LogP contribution >= 0.6 is 0 Å². The molecule has 0 rings (SSSR count). The molecule has 0 aromatic heterocycles. The van der Waals surface area contributed by atoms with Gasteiger partial charge in [0.25, 0.3) is 0 Å². The Bertz CT molecular complexity index is 358. The maximum absolute atomic E-state index is 7.09. The lowest BCUT2D eigenvalue weighted by Gasteiger charge is -2.52. The largest absolute Gasteiger partial charge is 0.415 e. The number of hydrogen-bond acceptors (Lipinski definition) is 2. The van der Waals surface area contributed by atoms with Crippen LogP contribution in [-0.4, -0.2) is 35.9 Å². The lowest BCUT2D eigenvalue weighted by Crippen LogP contribution is -2.65. The van der Waals surface area contributed by atoms with Crippen molar-refractivity contribution in [3.05, 3.63) is 0 Å². The second-order valence-electron chi connectivity index (χ2n) is 8.94. The van der Waals surface area contributed by atoms with E-state index in [2.05, 4.69) is 73.9 Å². The first-order chi connectivity index (χ1) is 10.3. The third kappa shape index (κ3) is 5.80. The molecule has 0 bridgehead atoms. The maximum Gasteiger partial charge on any atom is 0.216 e. The minimum absolute atomic E-state index is 0.0518. The topological polar surface area (TPSA) is 18.5 Å². The average Bonchev–Trinajstić information content (AvgIpc) is 2.43. The summed E-state index contributed by atoms with van der Waals surface area (Å²) in [7, 11) is -4.51. The Kier molecular flexibility index (Phi) is 9.01. The van der Waals surface area contributed by atoms with Gasteiger partial charge in [-0.1, -0.05) is 52.8 Å². The molecule has 0 aliphatic rings.